The van der Waals surface area contributed by atoms with Crippen molar-refractivity contribution in [2.24, 2.45) is 0 Å². The number of aliphatic hydroxyl groups excluding tert-OH is 1. The van der Waals surface area contributed by atoms with Crippen LogP contribution in [0.25, 0.3) is 11.2 Å². The summed E-state index contributed by atoms with van der Waals surface area (Å²) in [4.78, 5) is 11.5. The van der Waals surface area contributed by atoms with E-state index in [1.165, 1.54) is 6.33 Å². The topological polar surface area (TPSA) is 108 Å². The maximum atomic E-state index is 9.92. The molecule has 1 fully saturated rings. The van der Waals surface area contributed by atoms with Crippen LogP contribution in [0.4, 0.5) is 5.95 Å². The Kier molecular flexibility index (Phi) is 3.39. The van der Waals surface area contributed by atoms with Crippen LogP contribution in [0.5, 0.6) is 5.88 Å². The second-order valence-corrected chi connectivity index (χ2v) is 5.81. The van der Waals surface area contributed by atoms with E-state index >= 15 is 0 Å². The molecule has 0 unspecified atom stereocenters. The third-order valence-electron chi connectivity index (χ3n) is 3.49. The number of nitrogens with zero attached hydrogens (tertiary/aromatic N) is 4. The van der Waals surface area contributed by atoms with Crippen LogP contribution in [-0.2, 0) is 4.74 Å². The zero-order chi connectivity index (χ0) is 15.2. The molecule has 0 amide bonds. The van der Waals surface area contributed by atoms with Gasteiger partial charge in [-0.3, -0.25) is 4.57 Å². The Morgan fingerprint density at radius 1 is 1.62 bits per heavy atom. The van der Waals surface area contributed by atoms with Gasteiger partial charge < -0.3 is 20.3 Å². The third-order valence-corrected chi connectivity index (χ3v) is 3.93. The highest BCUT2D eigenvalue weighted by atomic mass is 35.5. The predicted molar refractivity (Wildman–Crippen MR) is 76.2 cm³/mol. The van der Waals surface area contributed by atoms with Gasteiger partial charge in [0.25, 0.3) is 0 Å². The maximum absolute atomic E-state index is 9.92. The number of hydrogen-bond donors (Lipinski definition) is 2. The molecule has 0 radical (unpaired) electrons. The van der Waals surface area contributed by atoms with E-state index in [9.17, 15) is 5.11 Å². The van der Waals surface area contributed by atoms with Crippen LogP contribution in [0.3, 0.4) is 0 Å². The molecule has 21 heavy (non-hydrogen) atoms. The zero-order valence-electron chi connectivity index (χ0n) is 11.7. The van der Waals surface area contributed by atoms with Crippen molar-refractivity contribution < 1.29 is 14.6 Å². The smallest absolute Gasteiger partial charge is 0.247 e. The Morgan fingerprint density at radius 2 is 2.38 bits per heavy atom. The first kappa shape index (κ1) is 14.3. The standard InChI is InChI=1S/C12H16ClN5O3/c1-3-20-9-7-8(16-11(14)17-9)18(5-15-7)10-12(2,13)6(19)4-21-10/h5-6,10,19H,3-4H2,1-2H3,(H2,14,16,17)/t6-,10-,12-/m1/s1. The van der Waals surface area contributed by atoms with Crippen LogP contribution in [-0.4, -0.2) is 48.8 Å². The van der Waals surface area contributed by atoms with Crippen molar-refractivity contribution in [3.63, 3.8) is 0 Å². The molecular weight excluding hydrogens is 298 g/mol. The summed E-state index contributed by atoms with van der Waals surface area (Å²) in [6.45, 7) is 4.12. The highest BCUT2D eigenvalue weighted by Crippen LogP contribution is 2.41. The number of ether oxygens (including phenoxy) is 2. The van der Waals surface area contributed by atoms with E-state index in [1.807, 2.05) is 6.92 Å². The number of imidazole rings is 1. The Labute approximate surface area is 125 Å². The molecule has 1 aliphatic heterocycles. The number of nitrogens with two attached hydrogens (primary N) is 1. The molecule has 3 rings (SSSR count). The molecule has 0 spiro atoms. The van der Waals surface area contributed by atoms with Crippen LogP contribution in [0.1, 0.15) is 20.1 Å². The van der Waals surface area contributed by atoms with Gasteiger partial charge in [0.15, 0.2) is 17.4 Å². The van der Waals surface area contributed by atoms with Gasteiger partial charge in [-0.05, 0) is 13.8 Å². The monoisotopic (exact) mass is 313 g/mol. The van der Waals surface area contributed by atoms with Crippen molar-refractivity contribution in [1.82, 2.24) is 19.5 Å². The second kappa shape index (κ2) is 4.97. The van der Waals surface area contributed by atoms with Crippen LogP contribution in [0.15, 0.2) is 6.33 Å². The SMILES string of the molecule is CCOc1nc(N)nc2c1ncn2[C@@H]1OC[C@@H](O)[C@@]1(C)Cl. The van der Waals surface area contributed by atoms with Crippen molar-refractivity contribution in [3.05, 3.63) is 6.33 Å². The zero-order valence-corrected chi connectivity index (χ0v) is 12.4. The summed E-state index contributed by atoms with van der Waals surface area (Å²) in [6, 6.07) is 0. The van der Waals surface area contributed by atoms with E-state index in [4.69, 9.17) is 26.8 Å². The number of rotatable bonds is 3. The normalized spacial score (nSPS) is 29.1. The lowest BCUT2D eigenvalue weighted by Crippen LogP contribution is -2.36. The van der Waals surface area contributed by atoms with Gasteiger partial charge in [0.1, 0.15) is 11.0 Å². The first-order valence-electron chi connectivity index (χ1n) is 6.56. The van der Waals surface area contributed by atoms with E-state index in [0.29, 0.717) is 23.7 Å². The quantitative estimate of drug-likeness (QED) is 0.803. The molecule has 0 aromatic carbocycles. The maximum Gasteiger partial charge on any atom is 0.247 e. The van der Waals surface area contributed by atoms with Crippen molar-refractivity contribution in [3.8, 4) is 5.88 Å². The molecule has 3 atom stereocenters. The lowest BCUT2D eigenvalue weighted by molar-refractivity contribution is 0.0432. The number of aliphatic hydroxyl groups is 1. The van der Waals surface area contributed by atoms with Crippen LogP contribution < -0.4 is 10.5 Å². The number of aromatic nitrogens is 4. The molecule has 1 aliphatic rings. The van der Waals surface area contributed by atoms with Crippen LogP contribution >= 0.6 is 11.6 Å². The molecule has 8 nitrogen and oxygen atoms in total. The van der Waals surface area contributed by atoms with Gasteiger partial charge in [-0.1, -0.05) is 0 Å². The summed E-state index contributed by atoms with van der Waals surface area (Å²) in [5.41, 5.74) is 6.64. The van der Waals surface area contributed by atoms with Gasteiger partial charge >= 0.3 is 0 Å². The lowest BCUT2D eigenvalue weighted by Gasteiger charge is -2.26. The Bertz CT molecular complexity index is 674. The van der Waals surface area contributed by atoms with Gasteiger partial charge in [0, 0.05) is 0 Å². The molecule has 2 aromatic heterocycles. The number of nitrogen functional groups attached to an aromatic ring is 1. The summed E-state index contributed by atoms with van der Waals surface area (Å²) < 4.78 is 12.6. The fraction of sp³-hybridized carbons (Fsp3) is 0.583. The van der Waals surface area contributed by atoms with Gasteiger partial charge in [0.05, 0.1) is 19.5 Å². The molecule has 0 bridgehead atoms. The lowest BCUT2D eigenvalue weighted by atomic mass is 10.1. The molecule has 3 heterocycles. The van der Waals surface area contributed by atoms with Crippen LogP contribution in [0.2, 0.25) is 0 Å². The Balaban J connectivity index is 2.13. The van der Waals surface area contributed by atoms with E-state index < -0.39 is 17.2 Å². The number of hydrogen-bond acceptors (Lipinski definition) is 7. The molecule has 114 valence electrons. The van der Waals surface area contributed by atoms with Gasteiger partial charge in [-0.25, -0.2) is 4.98 Å². The molecule has 1 saturated heterocycles. The first-order valence-corrected chi connectivity index (χ1v) is 6.94. The average molecular weight is 314 g/mol. The summed E-state index contributed by atoms with van der Waals surface area (Å²) in [5.74, 6) is 0.385. The number of alkyl halides is 1. The Morgan fingerprint density at radius 3 is 3.00 bits per heavy atom. The van der Waals surface area contributed by atoms with Crippen molar-refractivity contribution in [2.75, 3.05) is 18.9 Å². The minimum atomic E-state index is -0.987. The van der Waals surface area contributed by atoms with E-state index in [1.54, 1.807) is 11.5 Å². The molecule has 0 saturated carbocycles. The highest BCUT2D eigenvalue weighted by Gasteiger charge is 2.48. The fourth-order valence-corrected chi connectivity index (χ4v) is 2.57. The van der Waals surface area contributed by atoms with Crippen molar-refractivity contribution in [2.45, 2.75) is 31.1 Å². The van der Waals surface area contributed by atoms with Crippen LogP contribution in [0, 0.1) is 0 Å². The van der Waals surface area contributed by atoms with Gasteiger partial charge in [0.2, 0.25) is 11.8 Å². The van der Waals surface area contributed by atoms with Gasteiger partial charge in [-0.15, -0.1) is 11.6 Å². The van der Waals surface area contributed by atoms with Gasteiger partial charge in [-0.2, -0.15) is 9.97 Å². The summed E-state index contributed by atoms with van der Waals surface area (Å²) >= 11 is 6.39. The predicted octanol–water partition coefficient (Wildman–Crippen LogP) is 0.694. The largest absolute Gasteiger partial charge is 0.476 e. The molecule has 9 heteroatoms. The summed E-state index contributed by atoms with van der Waals surface area (Å²) in [5, 5.41) is 9.92. The molecule has 0 aliphatic carbocycles. The van der Waals surface area contributed by atoms with Crippen molar-refractivity contribution >= 4 is 28.7 Å². The summed E-state index contributed by atoms with van der Waals surface area (Å²) in [7, 11) is 0. The van der Waals surface area contributed by atoms with E-state index in [-0.39, 0.29) is 12.6 Å². The Hall–Kier alpha value is -1.64. The fourth-order valence-electron chi connectivity index (χ4n) is 2.34. The third kappa shape index (κ3) is 2.19. The molecule has 3 N–H and O–H groups in total. The minimum Gasteiger partial charge on any atom is -0.476 e. The number of fused-ring (bicyclic) bond motifs is 1. The highest BCUT2D eigenvalue weighted by molar-refractivity contribution is 6.24. The number of anilines is 1. The van der Waals surface area contributed by atoms with E-state index in [2.05, 4.69) is 15.0 Å². The van der Waals surface area contributed by atoms with Crippen molar-refractivity contribution in [1.29, 1.82) is 0 Å². The number of halogens is 1. The second-order valence-electron chi connectivity index (χ2n) is 5.00. The minimum absolute atomic E-state index is 0.0718. The molecular formula is C12H16ClN5O3. The van der Waals surface area contributed by atoms with E-state index in [0.717, 1.165) is 0 Å². The summed E-state index contributed by atoms with van der Waals surface area (Å²) in [6.07, 6.45) is 0.139. The first-order chi connectivity index (χ1) is 9.95. The average Bonchev–Trinajstić information content (AvgIpc) is 2.92. The molecule has 2 aromatic rings.